The van der Waals surface area contributed by atoms with Gasteiger partial charge in [0.1, 0.15) is 11.9 Å². The number of nitrogens with one attached hydrogen (secondary N) is 2. The number of morpholine rings is 1. The number of hydrogen-bond donors (Lipinski definition) is 2. The average molecular weight is 264 g/mol. The normalized spacial score (nSPS) is 20.6. The van der Waals surface area contributed by atoms with Gasteiger partial charge in [0.05, 0.1) is 19.8 Å². The molecule has 2 atom stereocenters. The SMILES string of the molecule is COc1ccccc1C(C)NC(=O)C1CNCCO1. The Kier molecular flexibility index (Phi) is 4.76. The van der Waals surface area contributed by atoms with E-state index in [0.717, 1.165) is 17.9 Å². The summed E-state index contributed by atoms with van der Waals surface area (Å²) in [5, 5.41) is 6.10. The Bertz CT molecular complexity index is 430. The lowest BCUT2D eigenvalue weighted by Gasteiger charge is -2.25. The highest BCUT2D eigenvalue weighted by Crippen LogP contribution is 2.24. The van der Waals surface area contributed by atoms with Crippen LogP contribution in [0.2, 0.25) is 0 Å². The van der Waals surface area contributed by atoms with E-state index in [1.807, 2.05) is 31.2 Å². The van der Waals surface area contributed by atoms with Gasteiger partial charge < -0.3 is 20.1 Å². The number of ether oxygens (including phenoxy) is 2. The second kappa shape index (κ2) is 6.54. The van der Waals surface area contributed by atoms with E-state index in [0.29, 0.717) is 13.2 Å². The lowest BCUT2D eigenvalue weighted by Crippen LogP contribution is -2.48. The van der Waals surface area contributed by atoms with Crippen molar-refractivity contribution < 1.29 is 14.3 Å². The standard InChI is InChI=1S/C14H20N2O3/c1-10(11-5-3-4-6-12(11)18-2)16-14(17)13-9-15-7-8-19-13/h3-6,10,13,15H,7-9H2,1-2H3,(H,16,17). The predicted octanol–water partition coefficient (Wildman–Crippen LogP) is 0.861. The molecule has 0 bridgehead atoms. The van der Waals surface area contributed by atoms with Gasteiger partial charge in [-0.05, 0) is 13.0 Å². The molecule has 2 rings (SSSR count). The number of amides is 1. The van der Waals surface area contributed by atoms with Gasteiger partial charge in [0.15, 0.2) is 0 Å². The fourth-order valence-electron chi connectivity index (χ4n) is 2.14. The minimum Gasteiger partial charge on any atom is -0.496 e. The number of carbonyl (C=O) groups excluding carboxylic acids is 1. The Morgan fingerprint density at radius 1 is 1.53 bits per heavy atom. The zero-order valence-corrected chi connectivity index (χ0v) is 11.3. The Balaban J connectivity index is 1.99. The van der Waals surface area contributed by atoms with Crippen LogP contribution in [0.4, 0.5) is 0 Å². The minimum atomic E-state index is -0.411. The first-order valence-electron chi connectivity index (χ1n) is 6.48. The van der Waals surface area contributed by atoms with E-state index < -0.39 is 6.10 Å². The van der Waals surface area contributed by atoms with E-state index in [1.54, 1.807) is 7.11 Å². The molecule has 5 nitrogen and oxygen atoms in total. The molecule has 0 aliphatic carbocycles. The highest BCUT2D eigenvalue weighted by Gasteiger charge is 2.23. The highest BCUT2D eigenvalue weighted by molar-refractivity contribution is 5.81. The van der Waals surface area contributed by atoms with Crippen molar-refractivity contribution in [1.82, 2.24) is 10.6 Å². The largest absolute Gasteiger partial charge is 0.496 e. The van der Waals surface area contributed by atoms with Crippen molar-refractivity contribution in [3.05, 3.63) is 29.8 Å². The second-order valence-electron chi connectivity index (χ2n) is 4.54. The van der Waals surface area contributed by atoms with Crippen LogP contribution in [0.3, 0.4) is 0 Å². The van der Waals surface area contributed by atoms with Crippen molar-refractivity contribution in [2.24, 2.45) is 0 Å². The van der Waals surface area contributed by atoms with Crippen molar-refractivity contribution in [3.8, 4) is 5.75 Å². The lowest BCUT2D eigenvalue weighted by molar-refractivity contribution is -0.134. The molecule has 0 spiro atoms. The van der Waals surface area contributed by atoms with Crippen LogP contribution in [-0.4, -0.2) is 38.8 Å². The number of methoxy groups -OCH3 is 1. The number of benzene rings is 1. The first kappa shape index (κ1) is 13.8. The van der Waals surface area contributed by atoms with Crippen LogP contribution >= 0.6 is 0 Å². The van der Waals surface area contributed by atoms with Gasteiger partial charge in [-0.15, -0.1) is 0 Å². The maximum Gasteiger partial charge on any atom is 0.250 e. The van der Waals surface area contributed by atoms with Gasteiger partial charge in [-0.3, -0.25) is 4.79 Å². The molecule has 1 aliphatic heterocycles. The average Bonchev–Trinajstić information content (AvgIpc) is 2.48. The van der Waals surface area contributed by atoms with Crippen LogP contribution in [0.5, 0.6) is 5.75 Å². The van der Waals surface area contributed by atoms with Gasteiger partial charge in [0.2, 0.25) is 0 Å². The summed E-state index contributed by atoms with van der Waals surface area (Å²) >= 11 is 0. The zero-order chi connectivity index (χ0) is 13.7. The first-order chi connectivity index (χ1) is 9.22. The number of hydrogen-bond acceptors (Lipinski definition) is 4. The molecule has 1 aromatic rings. The molecule has 1 aliphatic rings. The lowest BCUT2D eigenvalue weighted by atomic mass is 10.1. The van der Waals surface area contributed by atoms with E-state index >= 15 is 0 Å². The molecule has 1 aromatic carbocycles. The summed E-state index contributed by atoms with van der Waals surface area (Å²) in [7, 11) is 1.63. The van der Waals surface area contributed by atoms with Gasteiger partial charge in [-0.1, -0.05) is 18.2 Å². The Hall–Kier alpha value is -1.59. The zero-order valence-electron chi connectivity index (χ0n) is 11.3. The first-order valence-corrected chi connectivity index (χ1v) is 6.48. The monoisotopic (exact) mass is 264 g/mol. The Labute approximate surface area is 113 Å². The van der Waals surface area contributed by atoms with Gasteiger partial charge in [0.25, 0.3) is 5.91 Å². The second-order valence-corrected chi connectivity index (χ2v) is 4.54. The maximum atomic E-state index is 12.1. The van der Waals surface area contributed by atoms with E-state index in [-0.39, 0.29) is 11.9 Å². The topological polar surface area (TPSA) is 59.6 Å². The van der Waals surface area contributed by atoms with Gasteiger partial charge in [-0.25, -0.2) is 0 Å². The molecule has 1 amide bonds. The van der Waals surface area contributed by atoms with Gasteiger partial charge in [0, 0.05) is 18.7 Å². The summed E-state index contributed by atoms with van der Waals surface area (Å²) in [5.41, 5.74) is 0.960. The van der Waals surface area contributed by atoms with Crippen LogP contribution in [-0.2, 0) is 9.53 Å². The third-order valence-electron chi connectivity index (χ3n) is 3.18. The predicted molar refractivity (Wildman–Crippen MR) is 72.2 cm³/mol. The summed E-state index contributed by atoms with van der Waals surface area (Å²) < 4.78 is 10.7. The molecule has 0 saturated carbocycles. The molecule has 5 heteroatoms. The fraction of sp³-hybridized carbons (Fsp3) is 0.500. The summed E-state index contributed by atoms with van der Waals surface area (Å²) in [6.45, 7) is 3.86. The van der Waals surface area contributed by atoms with E-state index in [9.17, 15) is 4.79 Å². The molecule has 0 radical (unpaired) electrons. The summed E-state index contributed by atoms with van der Waals surface area (Å²) in [6, 6.07) is 7.55. The third-order valence-corrected chi connectivity index (χ3v) is 3.18. The molecule has 19 heavy (non-hydrogen) atoms. The van der Waals surface area contributed by atoms with Crippen LogP contribution in [0.25, 0.3) is 0 Å². The maximum absolute atomic E-state index is 12.1. The van der Waals surface area contributed by atoms with Crippen LogP contribution in [0.1, 0.15) is 18.5 Å². The summed E-state index contributed by atoms with van der Waals surface area (Å²) in [6.07, 6.45) is -0.411. The number of carbonyl (C=O) groups is 1. The quantitative estimate of drug-likeness (QED) is 0.847. The van der Waals surface area contributed by atoms with Gasteiger partial charge in [-0.2, -0.15) is 0 Å². The van der Waals surface area contributed by atoms with Crippen molar-refractivity contribution >= 4 is 5.91 Å². The molecule has 1 fully saturated rings. The smallest absolute Gasteiger partial charge is 0.250 e. The minimum absolute atomic E-state index is 0.0920. The molecule has 1 saturated heterocycles. The van der Waals surface area contributed by atoms with Crippen LogP contribution < -0.4 is 15.4 Å². The van der Waals surface area contributed by atoms with E-state index in [1.165, 1.54) is 0 Å². The molecular formula is C14H20N2O3. The van der Waals surface area contributed by atoms with Crippen molar-refractivity contribution in [2.75, 3.05) is 26.8 Å². The van der Waals surface area contributed by atoms with Crippen molar-refractivity contribution in [3.63, 3.8) is 0 Å². The summed E-state index contributed by atoms with van der Waals surface area (Å²) in [4.78, 5) is 12.1. The van der Waals surface area contributed by atoms with Gasteiger partial charge >= 0.3 is 0 Å². The van der Waals surface area contributed by atoms with Crippen LogP contribution in [0, 0.1) is 0 Å². The number of rotatable bonds is 4. The molecule has 2 unspecified atom stereocenters. The molecular weight excluding hydrogens is 244 g/mol. The Morgan fingerprint density at radius 2 is 2.32 bits per heavy atom. The van der Waals surface area contributed by atoms with Crippen molar-refractivity contribution in [2.45, 2.75) is 19.1 Å². The number of para-hydroxylation sites is 1. The van der Waals surface area contributed by atoms with Crippen molar-refractivity contribution in [1.29, 1.82) is 0 Å². The van der Waals surface area contributed by atoms with E-state index in [2.05, 4.69) is 10.6 Å². The highest BCUT2D eigenvalue weighted by atomic mass is 16.5. The molecule has 0 aromatic heterocycles. The van der Waals surface area contributed by atoms with Crippen LogP contribution in [0.15, 0.2) is 24.3 Å². The Morgan fingerprint density at radius 3 is 3.00 bits per heavy atom. The molecule has 1 heterocycles. The molecule has 2 N–H and O–H groups in total. The fourth-order valence-corrected chi connectivity index (χ4v) is 2.14. The van der Waals surface area contributed by atoms with E-state index in [4.69, 9.17) is 9.47 Å². The summed E-state index contributed by atoms with van der Waals surface area (Å²) in [5.74, 6) is 0.684. The third kappa shape index (κ3) is 3.45. The molecule has 104 valence electrons.